The van der Waals surface area contributed by atoms with Crippen LogP contribution in [-0.2, 0) is 11.3 Å². The summed E-state index contributed by atoms with van der Waals surface area (Å²) in [7, 11) is 1.78. The summed E-state index contributed by atoms with van der Waals surface area (Å²) in [4.78, 5) is 13.4. The molecule has 1 aromatic heterocycles. The van der Waals surface area contributed by atoms with Crippen LogP contribution in [0.3, 0.4) is 0 Å². The van der Waals surface area contributed by atoms with E-state index in [1.165, 1.54) is 12.8 Å². The molecule has 5 heteroatoms. The predicted octanol–water partition coefficient (Wildman–Crippen LogP) is 0.693. The largest absolute Gasteiger partial charge is 0.361 e. The molecule has 1 amide bonds. The minimum Gasteiger partial charge on any atom is -0.361 e. The Morgan fingerprint density at radius 1 is 1.69 bits per heavy atom. The van der Waals surface area contributed by atoms with E-state index in [0.29, 0.717) is 19.1 Å². The maximum Gasteiger partial charge on any atom is 0.236 e. The summed E-state index contributed by atoms with van der Waals surface area (Å²) < 4.78 is 4.95. The molecular weight excluding hydrogens is 206 g/mol. The minimum atomic E-state index is 0.0903. The topological polar surface area (TPSA) is 58.4 Å². The molecule has 0 unspecified atom stereocenters. The third-order valence-electron chi connectivity index (χ3n) is 2.62. The molecule has 1 aliphatic rings. The van der Waals surface area contributed by atoms with Crippen molar-refractivity contribution in [2.75, 3.05) is 13.6 Å². The molecule has 0 saturated heterocycles. The van der Waals surface area contributed by atoms with Crippen molar-refractivity contribution in [3.8, 4) is 0 Å². The van der Waals surface area contributed by atoms with Crippen LogP contribution in [-0.4, -0.2) is 35.6 Å². The first kappa shape index (κ1) is 11.1. The molecule has 0 aromatic carbocycles. The molecule has 88 valence electrons. The number of rotatable bonds is 5. The van der Waals surface area contributed by atoms with Gasteiger partial charge in [-0.15, -0.1) is 0 Å². The van der Waals surface area contributed by atoms with Gasteiger partial charge in [-0.3, -0.25) is 4.79 Å². The van der Waals surface area contributed by atoms with Crippen LogP contribution in [0.5, 0.6) is 0 Å². The zero-order valence-corrected chi connectivity index (χ0v) is 9.69. The van der Waals surface area contributed by atoms with Gasteiger partial charge in [0.25, 0.3) is 0 Å². The van der Waals surface area contributed by atoms with E-state index in [2.05, 4.69) is 10.5 Å². The quantitative estimate of drug-likeness (QED) is 0.798. The van der Waals surface area contributed by atoms with Gasteiger partial charge in [-0.25, -0.2) is 0 Å². The van der Waals surface area contributed by atoms with E-state index in [0.717, 1.165) is 11.5 Å². The van der Waals surface area contributed by atoms with Gasteiger partial charge in [0.15, 0.2) is 0 Å². The van der Waals surface area contributed by atoms with Gasteiger partial charge in [-0.2, -0.15) is 0 Å². The molecular formula is C11H17N3O2. The number of carbonyl (C=O) groups is 1. The summed E-state index contributed by atoms with van der Waals surface area (Å²) >= 11 is 0. The first-order valence-electron chi connectivity index (χ1n) is 5.54. The Hall–Kier alpha value is -1.36. The van der Waals surface area contributed by atoms with E-state index >= 15 is 0 Å². The van der Waals surface area contributed by atoms with Gasteiger partial charge in [-0.05, 0) is 19.8 Å². The molecule has 0 radical (unpaired) electrons. The highest BCUT2D eigenvalue weighted by atomic mass is 16.5. The van der Waals surface area contributed by atoms with E-state index < -0.39 is 0 Å². The zero-order valence-electron chi connectivity index (χ0n) is 9.69. The normalized spacial score (nSPS) is 15.1. The van der Waals surface area contributed by atoms with Crippen LogP contribution in [0.1, 0.15) is 24.3 Å². The first-order chi connectivity index (χ1) is 7.65. The zero-order chi connectivity index (χ0) is 11.5. The van der Waals surface area contributed by atoms with E-state index in [1.54, 1.807) is 11.9 Å². The van der Waals surface area contributed by atoms with E-state index in [1.807, 2.05) is 13.0 Å². The highest BCUT2D eigenvalue weighted by Crippen LogP contribution is 2.18. The molecule has 1 heterocycles. The Morgan fingerprint density at radius 3 is 3.00 bits per heavy atom. The van der Waals surface area contributed by atoms with E-state index in [9.17, 15) is 4.79 Å². The third-order valence-corrected chi connectivity index (χ3v) is 2.62. The standard InChI is InChI=1S/C11H17N3O2/c1-8-5-10(13-16-8)7-14(2)11(15)6-12-9-3-4-9/h5,9,12H,3-4,6-7H2,1-2H3. The second-order valence-electron chi connectivity index (χ2n) is 4.33. The molecule has 1 aliphatic carbocycles. The van der Waals surface area contributed by atoms with Crippen molar-refractivity contribution in [3.63, 3.8) is 0 Å². The van der Waals surface area contributed by atoms with E-state index in [-0.39, 0.29) is 5.91 Å². The van der Waals surface area contributed by atoms with Crippen LogP contribution < -0.4 is 5.32 Å². The lowest BCUT2D eigenvalue weighted by atomic mass is 10.3. The summed E-state index contributed by atoms with van der Waals surface area (Å²) in [5, 5.41) is 7.05. The molecule has 1 fully saturated rings. The van der Waals surface area contributed by atoms with Crippen LogP contribution in [0.4, 0.5) is 0 Å². The van der Waals surface area contributed by atoms with Crippen LogP contribution in [0.15, 0.2) is 10.6 Å². The fourth-order valence-corrected chi connectivity index (χ4v) is 1.48. The average molecular weight is 223 g/mol. The van der Waals surface area contributed by atoms with Crippen LogP contribution >= 0.6 is 0 Å². The lowest BCUT2D eigenvalue weighted by Crippen LogP contribution is -2.36. The fraction of sp³-hybridized carbons (Fsp3) is 0.636. The van der Waals surface area contributed by atoms with Gasteiger partial charge in [0.05, 0.1) is 13.1 Å². The van der Waals surface area contributed by atoms with Gasteiger partial charge < -0.3 is 14.7 Å². The number of hydrogen-bond donors (Lipinski definition) is 1. The number of hydrogen-bond acceptors (Lipinski definition) is 4. The number of nitrogens with zero attached hydrogens (tertiary/aromatic N) is 2. The SMILES string of the molecule is Cc1cc(CN(C)C(=O)CNC2CC2)no1. The third kappa shape index (κ3) is 3.06. The van der Waals surface area contributed by atoms with Crippen LogP contribution in [0.2, 0.25) is 0 Å². The van der Waals surface area contributed by atoms with Crippen molar-refractivity contribution < 1.29 is 9.32 Å². The lowest BCUT2D eigenvalue weighted by molar-refractivity contribution is -0.129. The highest BCUT2D eigenvalue weighted by molar-refractivity contribution is 5.77. The summed E-state index contributed by atoms with van der Waals surface area (Å²) in [5.74, 6) is 0.861. The first-order valence-corrected chi connectivity index (χ1v) is 5.54. The van der Waals surface area contributed by atoms with Gasteiger partial charge >= 0.3 is 0 Å². The Bertz CT molecular complexity index is 371. The smallest absolute Gasteiger partial charge is 0.236 e. The molecule has 0 atom stereocenters. The fourth-order valence-electron chi connectivity index (χ4n) is 1.48. The number of aryl methyl sites for hydroxylation is 1. The van der Waals surface area contributed by atoms with Crippen molar-refractivity contribution in [2.45, 2.75) is 32.4 Å². The second kappa shape index (κ2) is 4.65. The molecule has 1 saturated carbocycles. The Morgan fingerprint density at radius 2 is 2.44 bits per heavy atom. The Balaban J connectivity index is 1.77. The van der Waals surface area contributed by atoms with Crippen molar-refractivity contribution in [1.82, 2.24) is 15.4 Å². The van der Waals surface area contributed by atoms with Gasteiger partial charge in [0.2, 0.25) is 5.91 Å². The van der Waals surface area contributed by atoms with Crippen molar-refractivity contribution in [3.05, 3.63) is 17.5 Å². The molecule has 0 aliphatic heterocycles. The van der Waals surface area contributed by atoms with Gasteiger partial charge in [-0.1, -0.05) is 5.16 Å². The monoisotopic (exact) mass is 223 g/mol. The van der Waals surface area contributed by atoms with Crippen LogP contribution in [0.25, 0.3) is 0 Å². The summed E-state index contributed by atoms with van der Waals surface area (Å²) in [6, 6.07) is 2.41. The lowest BCUT2D eigenvalue weighted by Gasteiger charge is -2.15. The predicted molar refractivity (Wildman–Crippen MR) is 58.7 cm³/mol. The Kier molecular flexibility index (Phi) is 3.24. The molecule has 5 nitrogen and oxygen atoms in total. The van der Waals surface area contributed by atoms with Gasteiger partial charge in [0, 0.05) is 19.2 Å². The molecule has 1 aromatic rings. The van der Waals surface area contributed by atoms with Crippen molar-refractivity contribution in [1.29, 1.82) is 0 Å². The maximum atomic E-state index is 11.7. The number of amides is 1. The van der Waals surface area contributed by atoms with Crippen molar-refractivity contribution >= 4 is 5.91 Å². The number of nitrogens with one attached hydrogen (secondary N) is 1. The highest BCUT2D eigenvalue weighted by Gasteiger charge is 2.22. The average Bonchev–Trinajstić information content (AvgIpc) is 2.99. The number of likely N-dealkylation sites (N-methyl/N-ethyl adjacent to an activating group) is 1. The molecule has 0 bridgehead atoms. The summed E-state index contributed by atoms with van der Waals surface area (Å²) in [6.45, 7) is 2.76. The van der Waals surface area contributed by atoms with Crippen molar-refractivity contribution in [2.24, 2.45) is 0 Å². The van der Waals surface area contributed by atoms with Crippen LogP contribution in [0, 0.1) is 6.92 Å². The minimum absolute atomic E-state index is 0.0903. The molecule has 0 spiro atoms. The Labute approximate surface area is 94.8 Å². The number of aromatic nitrogens is 1. The second-order valence-corrected chi connectivity index (χ2v) is 4.33. The summed E-state index contributed by atoms with van der Waals surface area (Å²) in [6.07, 6.45) is 2.39. The molecule has 2 rings (SSSR count). The van der Waals surface area contributed by atoms with E-state index in [4.69, 9.17) is 4.52 Å². The molecule has 1 N–H and O–H groups in total. The maximum absolute atomic E-state index is 11.7. The summed E-state index contributed by atoms with van der Waals surface area (Å²) in [5.41, 5.74) is 0.791. The van der Waals surface area contributed by atoms with Gasteiger partial charge in [0.1, 0.15) is 11.5 Å². The molecule has 16 heavy (non-hydrogen) atoms. The number of carbonyl (C=O) groups excluding carboxylic acids is 1.